The summed E-state index contributed by atoms with van der Waals surface area (Å²) in [5.41, 5.74) is 0.345. The van der Waals surface area contributed by atoms with Crippen LogP contribution >= 0.6 is 11.8 Å². The molecule has 0 aliphatic rings. The summed E-state index contributed by atoms with van der Waals surface area (Å²) in [5, 5.41) is 11.7. The van der Waals surface area contributed by atoms with Crippen LogP contribution in [0.25, 0.3) is 22.0 Å². The second kappa shape index (κ2) is 7.12. The van der Waals surface area contributed by atoms with Crippen molar-refractivity contribution in [3.05, 3.63) is 52.3 Å². The summed E-state index contributed by atoms with van der Waals surface area (Å²) in [7, 11) is 0. The second-order valence-electron chi connectivity index (χ2n) is 5.06. The van der Waals surface area contributed by atoms with E-state index in [1.54, 1.807) is 12.3 Å². The summed E-state index contributed by atoms with van der Waals surface area (Å²) in [6, 6.07) is 13.3. The third-order valence-electron chi connectivity index (χ3n) is 3.64. The molecular weight excluding hydrogens is 334 g/mol. The van der Waals surface area contributed by atoms with Gasteiger partial charge in [-0.3, -0.25) is 4.79 Å². The molecule has 0 saturated carbocycles. The molecule has 2 aromatic carbocycles. The highest BCUT2D eigenvalue weighted by Crippen LogP contribution is 2.37. The Hall–Kier alpha value is -3.22. The minimum Gasteiger partial charge on any atom is -0.480 e. The Bertz CT molecular complexity index is 1090. The van der Waals surface area contributed by atoms with Crippen LogP contribution in [-0.2, 0) is 0 Å². The number of aromatic amines is 1. The number of ether oxygens (including phenoxy) is 1. The van der Waals surface area contributed by atoms with Gasteiger partial charge < -0.3 is 9.72 Å². The third kappa shape index (κ3) is 3.08. The molecular formula is C19H13N3O2S. The van der Waals surface area contributed by atoms with E-state index < -0.39 is 5.56 Å². The molecule has 1 heterocycles. The van der Waals surface area contributed by atoms with Gasteiger partial charge in [0.25, 0.3) is 5.56 Å². The number of nitrogens with one attached hydrogen (secondary N) is 1. The van der Waals surface area contributed by atoms with Gasteiger partial charge in [0.1, 0.15) is 29.7 Å². The summed E-state index contributed by atoms with van der Waals surface area (Å²) < 4.78 is 5.66. The zero-order chi connectivity index (χ0) is 17.8. The molecule has 25 heavy (non-hydrogen) atoms. The van der Waals surface area contributed by atoms with Crippen LogP contribution in [-0.4, -0.2) is 22.8 Å². The lowest BCUT2D eigenvalue weighted by Crippen LogP contribution is -2.15. The van der Waals surface area contributed by atoms with E-state index >= 15 is 0 Å². The SMILES string of the molecule is C#CCOc1ccc2ccccc2c1-c1nc(SC)[nH]c(=O)c1C#N. The normalized spacial score (nSPS) is 10.2. The van der Waals surface area contributed by atoms with Crippen molar-refractivity contribution in [3.8, 4) is 35.4 Å². The molecule has 0 saturated heterocycles. The molecule has 6 heteroatoms. The highest BCUT2D eigenvalue weighted by Gasteiger charge is 2.19. The largest absolute Gasteiger partial charge is 0.480 e. The average molecular weight is 347 g/mol. The van der Waals surface area contributed by atoms with Crippen LogP contribution in [0.15, 0.2) is 46.3 Å². The average Bonchev–Trinajstić information content (AvgIpc) is 2.65. The van der Waals surface area contributed by atoms with E-state index in [2.05, 4.69) is 15.9 Å². The first kappa shape index (κ1) is 16.6. The Morgan fingerprint density at radius 3 is 2.84 bits per heavy atom. The number of H-pyrrole nitrogens is 1. The van der Waals surface area contributed by atoms with Crippen LogP contribution in [0.4, 0.5) is 0 Å². The van der Waals surface area contributed by atoms with Crippen LogP contribution in [0.1, 0.15) is 5.56 Å². The molecule has 5 nitrogen and oxygen atoms in total. The van der Waals surface area contributed by atoms with Crippen molar-refractivity contribution >= 4 is 22.5 Å². The number of nitrogens with zero attached hydrogens (tertiary/aromatic N) is 2. The highest BCUT2D eigenvalue weighted by molar-refractivity contribution is 7.98. The Kier molecular flexibility index (Phi) is 4.74. The maximum absolute atomic E-state index is 12.3. The van der Waals surface area contributed by atoms with Gasteiger partial charge >= 0.3 is 0 Å². The summed E-state index contributed by atoms with van der Waals surface area (Å²) in [5.74, 6) is 2.91. The predicted octanol–water partition coefficient (Wildman–Crippen LogP) is 3.20. The molecule has 3 rings (SSSR count). The predicted molar refractivity (Wildman–Crippen MR) is 98.6 cm³/mol. The van der Waals surface area contributed by atoms with E-state index in [1.165, 1.54) is 11.8 Å². The minimum absolute atomic E-state index is 0.0558. The van der Waals surface area contributed by atoms with Crippen molar-refractivity contribution in [1.29, 1.82) is 5.26 Å². The number of rotatable bonds is 4. The first-order chi connectivity index (χ1) is 12.2. The van der Waals surface area contributed by atoms with Gasteiger partial charge in [0.05, 0.1) is 5.56 Å². The van der Waals surface area contributed by atoms with Crippen LogP contribution in [0, 0.1) is 23.7 Å². The molecule has 0 aliphatic heterocycles. The van der Waals surface area contributed by atoms with Crippen molar-refractivity contribution in [2.75, 3.05) is 12.9 Å². The molecule has 0 spiro atoms. The fourth-order valence-corrected chi connectivity index (χ4v) is 2.95. The number of thioether (sulfide) groups is 1. The summed E-state index contributed by atoms with van der Waals surface area (Å²) >= 11 is 1.29. The topological polar surface area (TPSA) is 78.8 Å². The van der Waals surface area contributed by atoms with Crippen LogP contribution in [0.2, 0.25) is 0 Å². The zero-order valence-electron chi connectivity index (χ0n) is 13.4. The van der Waals surface area contributed by atoms with Crippen molar-refractivity contribution in [2.45, 2.75) is 5.16 Å². The molecule has 0 radical (unpaired) electrons. The van der Waals surface area contributed by atoms with E-state index in [0.717, 1.165) is 10.8 Å². The van der Waals surface area contributed by atoms with E-state index in [4.69, 9.17) is 11.2 Å². The summed E-state index contributed by atoms with van der Waals surface area (Å²) in [6.45, 7) is 0.0752. The van der Waals surface area contributed by atoms with Crippen molar-refractivity contribution in [3.63, 3.8) is 0 Å². The fraction of sp³-hybridized carbons (Fsp3) is 0.105. The Morgan fingerprint density at radius 2 is 2.12 bits per heavy atom. The molecule has 122 valence electrons. The van der Waals surface area contributed by atoms with Gasteiger partial charge in [-0.25, -0.2) is 4.98 Å². The van der Waals surface area contributed by atoms with Gasteiger partial charge in [-0.05, 0) is 23.1 Å². The maximum atomic E-state index is 12.3. The van der Waals surface area contributed by atoms with Gasteiger partial charge in [0.15, 0.2) is 5.16 Å². The first-order valence-electron chi connectivity index (χ1n) is 7.36. The number of hydrogen-bond acceptors (Lipinski definition) is 5. The molecule has 0 unspecified atom stereocenters. The fourth-order valence-electron chi connectivity index (χ4n) is 2.57. The maximum Gasteiger partial charge on any atom is 0.270 e. The van der Waals surface area contributed by atoms with Gasteiger partial charge in [-0.15, -0.1) is 6.42 Å². The first-order valence-corrected chi connectivity index (χ1v) is 8.59. The van der Waals surface area contributed by atoms with Crippen molar-refractivity contribution in [1.82, 2.24) is 9.97 Å². The minimum atomic E-state index is -0.479. The van der Waals surface area contributed by atoms with Crippen molar-refractivity contribution < 1.29 is 4.74 Å². The molecule has 1 N–H and O–H groups in total. The third-order valence-corrected chi connectivity index (χ3v) is 4.22. The lowest BCUT2D eigenvalue weighted by Gasteiger charge is -2.14. The Balaban J connectivity index is 2.42. The molecule has 1 aromatic heterocycles. The quantitative estimate of drug-likeness (QED) is 0.445. The lowest BCUT2D eigenvalue weighted by molar-refractivity contribution is 0.372. The van der Waals surface area contributed by atoms with Gasteiger partial charge in [-0.1, -0.05) is 48.0 Å². The number of fused-ring (bicyclic) bond motifs is 1. The summed E-state index contributed by atoms with van der Waals surface area (Å²) in [4.78, 5) is 19.3. The van der Waals surface area contributed by atoms with E-state index in [9.17, 15) is 10.1 Å². The van der Waals surface area contributed by atoms with Crippen LogP contribution < -0.4 is 10.3 Å². The number of terminal acetylenes is 1. The van der Waals surface area contributed by atoms with E-state index in [0.29, 0.717) is 22.2 Å². The highest BCUT2D eigenvalue weighted by atomic mass is 32.2. The van der Waals surface area contributed by atoms with E-state index in [-0.39, 0.29) is 12.2 Å². The molecule has 0 fully saturated rings. The monoisotopic (exact) mass is 347 g/mol. The molecule has 0 amide bonds. The van der Waals surface area contributed by atoms with Crippen molar-refractivity contribution in [2.24, 2.45) is 0 Å². The standard InChI is InChI=1S/C19H13N3O2S/c1-3-10-24-15-9-8-12-6-4-5-7-13(12)16(15)17-14(11-20)18(23)22-19(21-17)25-2/h1,4-9H,10H2,2H3,(H,21,22,23). The van der Waals surface area contributed by atoms with Gasteiger partial charge in [0.2, 0.25) is 0 Å². The number of hydrogen-bond donors (Lipinski definition) is 1. The number of aromatic nitrogens is 2. The lowest BCUT2D eigenvalue weighted by atomic mass is 9.98. The van der Waals surface area contributed by atoms with E-state index in [1.807, 2.05) is 36.4 Å². The second-order valence-corrected chi connectivity index (χ2v) is 5.86. The Morgan fingerprint density at radius 1 is 1.32 bits per heavy atom. The number of benzene rings is 2. The molecule has 3 aromatic rings. The van der Waals surface area contributed by atoms with Gasteiger partial charge in [-0.2, -0.15) is 5.26 Å². The Labute approximate surface area is 148 Å². The molecule has 0 bridgehead atoms. The molecule has 0 atom stereocenters. The molecule has 0 aliphatic carbocycles. The van der Waals surface area contributed by atoms with Crippen LogP contribution in [0.5, 0.6) is 5.75 Å². The summed E-state index contributed by atoms with van der Waals surface area (Å²) in [6.07, 6.45) is 7.10. The smallest absolute Gasteiger partial charge is 0.270 e. The number of nitriles is 1. The van der Waals surface area contributed by atoms with Gasteiger partial charge in [0, 0.05) is 0 Å². The van der Waals surface area contributed by atoms with Crippen LogP contribution in [0.3, 0.4) is 0 Å². The zero-order valence-corrected chi connectivity index (χ0v) is 14.2.